The lowest BCUT2D eigenvalue weighted by atomic mass is 10.2. The highest BCUT2D eigenvalue weighted by Gasteiger charge is 2.09. The predicted octanol–water partition coefficient (Wildman–Crippen LogP) is 1.88. The predicted molar refractivity (Wildman–Crippen MR) is 79.3 cm³/mol. The molecule has 4 nitrogen and oxygen atoms in total. The number of hydrogen-bond acceptors (Lipinski definition) is 3. The standard InChI is InChI=1S/C16H18FN3O/c1-2-3-4-14(12-21)18-11-16-9-10-19-20(16)15-7-5-13(17)6-8-15/h5-10,14,18,21H,4,11-12H2,1H3. The number of benzene rings is 1. The first kappa shape index (κ1) is 15.2. The second-order valence-electron chi connectivity index (χ2n) is 4.60. The Hall–Kier alpha value is -2.16. The molecular formula is C16H18FN3O. The number of nitrogens with zero attached hydrogens (tertiary/aromatic N) is 2. The Labute approximate surface area is 123 Å². The zero-order chi connectivity index (χ0) is 15.1. The van der Waals surface area contributed by atoms with Crippen molar-refractivity contribution in [2.45, 2.75) is 25.9 Å². The molecule has 0 amide bonds. The summed E-state index contributed by atoms with van der Waals surface area (Å²) in [4.78, 5) is 0. The molecule has 0 saturated heterocycles. The molecule has 2 rings (SSSR count). The Bertz CT molecular complexity index is 625. The average Bonchev–Trinajstić information content (AvgIpc) is 2.97. The fraction of sp³-hybridized carbons (Fsp3) is 0.312. The third-order valence-corrected chi connectivity index (χ3v) is 3.11. The van der Waals surface area contributed by atoms with E-state index < -0.39 is 0 Å². The molecule has 2 N–H and O–H groups in total. The molecule has 0 aliphatic heterocycles. The van der Waals surface area contributed by atoms with Crippen molar-refractivity contribution < 1.29 is 9.50 Å². The second kappa shape index (κ2) is 7.58. The molecule has 2 aromatic rings. The molecule has 1 heterocycles. The van der Waals surface area contributed by atoms with Gasteiger partial charge in [0.2, 0.25) is 0 Å². The number of aromatic nitrogens is 2. The minimum atomic E-state index is -0.274. The molecule has 0 aliphatic carbocycles. The summed E-state index contributed by atoms with van der Waals surface area (Å²) in [5.74, 6) is 5.49. The molecule has 21 heavy (non-hydrogen) atoms. The van der Waals surface area contributed by atoms with Crippen LogP contribution < -0.4 is 5.32 Å². The van der Waals surface area contributed by atoms with Crippen molar-refractivity contribution >= 4 is 0 Å². The van der Waals surface area contributed by atoms with Crippen molar-refractivity contribution in [2.24, 2.45) is 0 Å². The highest BCUT2D eigenvalue weighted by molar-refractivity contribution is 5.32. The molecule has 1 unspecified atom stereocenters. The Morgan fingerprint density at radius 3 is 2.76 bits per heavy atom. The van der Waals surface area contributed by atoms with E-state index in [1.54, 1.807) is 29.9 Å². The van der Waals surface area contributed by atoms with Crippen LogP contribution in [0.25, 0.3) is 5.69 Å². The van der Waals surface area contributed by atoms with Gasteiger partial charge >= 0.3 is 0 Å². The third kappa shape index (κ3) is 4.15. The molecule has 1 aromatic carbocycles. The molecule has 0 aliphatic rings. The number of aliphatic hydroxyl groups is 1. The van der Waals surface area contributed by atoms with E-state index in [9.17, 15) is 9.50 Å². The molecule has 5 heteroatoms. The molecule has 0 radical (unpaired) electrons. The molecule has 110 valence electrons. The van der Waals surface area contributed by atoms with Crippen LogP contribution in [0.2, 0.25) is 0 Å². The zero-order valence-electron chi connectivity index (χ0n) is 11.9. The van der Waals surface area contributed by atoms with E-state index in [-0.39, 0.29) is 18.5 Å². The number of halogens is 1. The minimum Gasteiger partial charge on any atom is -0.395 e. The first-order valence-corrected chi connectivity index (χ1v) is 6.77. The molecule has 1 atom stereocenters. The number of rotatable bonds is 6. The number of nitrogens with one attached hydrogen (secondary N) is 1. The lowest BCUT2D eigenvalue weighted by Crippen LogP contribution is -2.32. The van der Waals surface area contributed by atoms with Crippen LogP contribution in [0.5, 0.6) is 0 Å². The van der Waals surface area contributed by atoms with Crippen molar-refractivity contribution in [3.05, 3.63) is 48.0 Å². The molecule has 0 fully saturated rings. The van der Waals surface area contributed by atoms with Crippen LogP contribution in [0, 0.1) is 17.7 Å². The van der Waals surface area contributed by atoms with Crippen LogP contribution in [-0.2, 0) is 6.54 Å². The van der Waals surface area contributed by atoms with Crippen LogP contribution in [0.3, 0.4) is 0 Å². The molecule has 0 bridgehead atoms. The van der Waals surface area contributed by atoms with Crippen LogP contribution >= 0.6 is 0 Å². The van der Waals surface area contributed by atoms with Crippen molar-refractivity contribution in [1.82, 2.24) is 15.1 Å². The summed E-state index contributed by atoms with van der Waals surface area (Å²) in [7, 11) is 0. The van der Waals surface area contributed by atoms with E-state index in [1.165, 1.54) is 12.1 Å². The van der Waals surface area contributed by atoms with Gasteiger partial charge in [-0.1, -0.05) is 0 Å². The van der Waals surface area contributed by atoms with Crippen LogP contribution in [0.1, 0.15) is 19.0 Å². The van der Waals surface area contributed by atoms with Crippen molar-refractivity contribution in [3.63, 3.8) is 0 Å². The maximum absolute atomic E-state index is 13.0. The Balaban J connectivity index is 2.06. The lowest BCUT2D eigenvalue weighted by Gasteiger charge is -2.14. The summed E-state index contributed by atoms with van der Waals surface area (Å²) in [5.41, 5.74) is 1.73. The zero-order valence-corrected chi connectivity index (χ0v) is 11.9. The van der Waals surface area contributed by atoms with Gasteiger partial charge in [0, 0.05) is 25.2 Å². The fourth-order valence-electron chi connectivity index (χ4n) is 1.95. The van der Waals surface area contributed by atoms with Crippen LogP contribution in [-0.4, -0.2) is 27.5 Å². The van der Waals surface area contributed by atoms with Gasteiger partial charge in [-0.15, -0.1) is 11.8 Å². The summed E-state index contributed by atoms with van der Waals surface area (Å²) < 4.78 is 14.7. The van der Waals surface area contributed by atoms with E-state index in [0.717, 1.165) is 11.4 Å². The van der Waals surface area contributed by atoms with Gasteiger partial charge in [-0.25, -0.2) is 9.07 Å². The van der Waals surface area contributed by atoms with Gasteiger partial charge in [0.1, 0.15) is 5.82 Å². The molecule has 0 spiro atoms. The molecule has 0 saturated carbocycles. The average molecular weight is 287 g/mol. The van der Waals surface area contributed by atoms with Gasteiger partial charge in [-0.05, 0) is 37.3 Å². The smallest absolute Gasteiger partial charge is 0.123 e. The first-order valence-electron chi connectivity index (χ1n) is 6.77. The Kier molecular flexibility index (Phi) is 5.50. The summed E-state index contributed by atoms with van der Waals surface area (Å²) in [6, 6.07) is 7.98. The summed E-state index contributed by atoms with van der Waals surface area (Å²) >= 11 is 0. The lowest BCUT2D eigenvalue weighted by molar-refractivity contribution is 0.243. The summed E-state index contributed by atoms with van der Waals surface area (Å²) in [6.07, 6.45) is 2.29. The van der Waals surface area contributed by atoms with Crippen molar-refractivity contribution in [2.75, 3.05) is 6.61 Å². The Morgan fingerprint density at radius 1 is 1.33 bits per heavy atom. The van der Waals surface area contributed by atoms with E-state index in [4.69, 9.17) is 0 Å². The van der Waals surface area contributed by atoms with Crippen LogP contribution in [0.15, 0.2) is 36.5 Å². The summed E-state index contributed by atoms with van der Waals surface area (Å²) in [6.45, 7) is 2.35. The molecular weight excluding hydrogens is 269 g/mol. The monoisotopic (exact) mass is 287 g/mol. The maximum atomic E-state index is 13.0. The topological polar surface area (TPSA) is 50.1 Å². The Morgan fingerprint density at radius 2 is 2.10 bits per heavy atom. The molecule has 1 aromatic heterocycles. The highest BCUT2D eigenvalue weighted by atomic mass is 19.1. The van der Waals surface area contributed by atoms with Gasteiger partial charge in [-0.2, -0.15) is 5.10 Å². The van der Waals surface area contributed by atoms with Gasteiger partial charge in [-0.3, -0.25) is 0 Å². The first-order chi connectivity index (χ1) is 10.2. The number of hydrogen-bond donors (Lipinski definition) is 2. The van der Waals surface area contributed by atoms with E-state index in [2.05, 4.69) is 22.3 Å². The van der Waals surface area contributed by atoms with Crippen molar-refractivity contribution in [1.29, 1.82) is 0 Å². The van der Waals surface area contributed by atoms with E-state index in [0.29, 0.717) is 13.0 Å². The quantitative estimate of drug-likeness (QED) is 0.798. The van der Waals surface area contributed by atoms with Crippen LogP contribution in [0.4, 0.5) is 4.39 Å². The highest BCUT2D eigenvalue weighted by Crippen LogP contribution is 2.11. The third-order valence-electron chi connectivity index (χ3n) is 3.11. The van der Waals surface area contributed by atoms with Gasteiger partial charge in [0.25, 0.3) is 0 Å². The van der Waals surface area contributed by atoms with Gasteiger partial charge < -0.3 is 10.4 Å². The van der Waals surface area contributed by atoms with Gasteiger partial charge in [0.05, 0.1) is 18.0 Å². The van der Waals surface area contributed by atoms with E-state index in [1.807, 2.05) is 6.07 Å². The second-order valence-corrected chi connectivity index (χ2v) is 4.60. The SMILES string of the molecule is CC#CCC(CO)NCc1ccnn1-c1ccc(F)cc1. The maximum Gasteiger partial charge on any atom is 0.123 e. The normalized spacial score (nSPS) is 11.8. The summed E-state index contributed by atoms with van der Waals surface area (Å²) in [5, 5.41) is 16.8. The number of aliphatic hydroxyl groups excluding tert-OH is 1. The minimum absolute atomic E-state index is 0.0271. The van der Waals surface area contributed by atoms with Gasteiger partial charge in [0.15, 0.2) is 0 Å². The largest absolute Gasteiger partial charge is 0.395 e. The fourth-order valence-corrected chi connectivity index (χ4v) is 1.95. The van der Waals surface area contributed by atoms with E-state index >= 15 is 0 Å². The van der Waals surface area contributed by atoms with Crippen molar-refractivity contribution in [3.8, 4) is 17.5 Å².